The molecule has 0 atom stereocenters. The Labute approximate surface area is 37.0 Å². The van der Waals surface area contributed by atoms with Gasteiger partial charge >= 0.3 is 0 Å². The second-order valence-corrected chi connectivity index (χ2v) is 2.54. The molecule has 0 nitrogen and oxygen atoms in total. The van der Waals surface area contributed by atoms with E-state index in [4.69, 9.17) is 0 Å². The summed E-state index contributed by atoms with van der Waals surface area (Å²) in [5.41, 5.74) is 0. The van der Waals surface area contributed by atoms with Gasteiger partial charge in [0.25, 0.3) is 0 Å². The van der Waals surface area contributed by atoms with Gasteiger partial charge in [0.05, 0.1) is 0 Å². The summed E-state index contributed by atoms with van der Waals surface area (Å²) in [6, 6.07) is 0. The van der Waals surface area contributed by atoms with Gasteiger partial charge in [0.2, 0.25) is 0 Å². The van der Waals surface area contributed by atoms with Crippen LogP contribution in [0.5, 0.6) is 0 Å². The third-order valence-corrected chi connectivity index (χ3v) is 1.98. The largest absolute Gasteiger partial charge is 0.196 e. The molecule has 0 spiro atoms. The van der Waals surface area contributed by atoms with E-state index in [2.05, 4.69) is 11.8 Å². The summed E-state index contributed by atoms with van der Waals surface area (Å²) in [4.78, 5) is 0. The topological polar surface area (TPSA) is 0 Å². The molecule has 0 aromatic rings. The Morgan fingerprint density at radius 3 is 1.80 bits per heavy atom. The van der Waals surface area contributed by atoms with Crippen LogP contribution in [-0.4, -0.2) is 11.5 Å². The highest BCUT2D eigenvalue weighted by Gasteiger charge is 2.11. The Kier molecular flexibility index (Phi) is 1.21. The second-order valence-electron chi connectivity index (χ2n) is 1.32. The molecule has 1 saturated heterocycles. The monoisotopic (exact) mass is 88.0 g/mol. The molecule has 1 radical (unpaired) electrons. The first-order valence-corrected chi connectivity index (χ1v) is 3.23. The molecule has 1 fully saturated rings. The van der Waals surface area contributed by atoms with Crippen LogP contribution in [0, 0.1) is 0 Å². The maximum atomic E-state index is 2.07. The maximum Gasteiger partial charge on any atom is 0.196 e. The van der Waals surface area contributed by atoms with Crippen LogP contribution < -0.4 is 0 Å². The summed E-state index contributed by atoms with van der Waals surface area (Å²) in [7, 11) is 0. The zero-order chi connectivity index (χ0) is 3.54. The fourth-order valence-corrected chi connectivity index (χ4v) is 1.53. The number of thioether (sulfide) groups is 1. The third kappa shape index (κ3) is 0.839. The van der Waals surface area contributed by atoms with Gasteiger partial charge in [-0.05, 0) is 0 Å². The summed E-state index contributed by atoms with van der Waals surface area (Å²) in [5.74, 6) is 2.83. The van der Waals surface area contributed by atoms with E-state index in [1.54, 1.807) is 0 Å². The van der Waals surface area contributed by atoms with Crippen LogP contribution in [0.25, 0.3) is 0 Å². The first-order chi connectivity index (χ1) is 2.50. The lowest BCUT2D eigenvalue weighted by atomic mass is 10.4. The predicted octanol–water partition coefficient (Wildman–Crippen LogP) is 0.863. The van der Waals surface area contributed by atoms with Crippen molar-refractivity contribution >= 4 is 11.8 Å². The molecule has 1 heteroatoms. The van der Waals surface area contributed by atoms with E-state index in [9.17, 15) is 0 Å². The Balaban J connectivity index is 2.08. The van der Waals surface area contributed by atoms with E-state index in [-0.39, 0.29) is 0 Å². The van der Waals surface area contributed by atoms with Gasteiger partial charge < -0.3 is 0 Å². The molecule has 1 rings (SSSR count). The van der Waals surface area contributed by atoms with Crippen LogP contribution in [0.1, 0.15) is 12.8 Å². The number of rotatable bonds is 0. The molecule has 0 N–H and O–H groups in total. The lowest BCUT2D eigenvalue weighted by molar-refractivity contribution is 0.949. The number of hydrogen-bond donors (Lipinski definition) is 0. The van der Waals surface area contributed by atoms with Crippen LogP contribution in [-0.2, 0) is 11.8 Å². The SMILES string of the molecule is C1CC[S+]C1. The molecule has 0 unspecified atom stereocenters. The van der Waals surface area contributed by atoms with Crippen LogP contribution in [0.4, 0.5) is 0 Å². The lowest BCUT2D eigenvalue weighted by Gasteiger charge is -1.58. The molecule has 1 heterocycles. The van der Waals surface area contributed by atoms with Gasteiger partial charge in [0.1, 0.15) is 0 Å². The molecule has 1 aliphatic rings. The van der Waals surface area contributed by atoms with Crippen molar-refractivity contribution in [1.82, 2.24) is 0 Å². The smallest absolute Gasteiger partial charge is 0.00150 e. The Morgan fingerprint density at radius 2 is 1.60 bits per heavy atom. The molecular weight excluding hydrogens is 80.1 g/mol. The first kappa shape index (κ1) is 3.54. The normalized spacial score (nSPS) is 24.0. The third-order valence-electron chi connectivity index (χ3n) is 0.827. The van der Waals surface area contributed by atoms with Gasteiger partial charge in [-0.15, -0.1) is 0 Å². The molecule has 0 bridgehead atoms. The molecule has 0 aromatic heterocycles. The first-order valence-electron chi connectivity index (χ1n) is 2.08. The van der Waals surface area contributed by atoms with Gasteiger partial charge in [0.15, 0.2) is 23.3 Å². The van der Waals surface area contributed by atoms with E-state index in [1.807, 2.05) is 0 Å². The van der Waals surface area contributed by atoms with Gasteiger partial charge in [-0.3, -0.25) is 0 Å². The molecule has 0 saturated carbocycles. The molecular formula is C4H8S+. The fraction of sp³-hybridized carbons (Fsp3) is 1.00. The minimum Gasteiger partial charge on any atom is 0.00150 e. The van der Waals surface area contributed by atoms with Crippen LogP contribution in [0.15, 0.2) is 0 Å². The van der Waals surface area contributed by atoms with Crippen molar-refractivity contribution in [3.05, 3.63) is 0 Å². The Morgan fingerprint density at radius 1 is 1.00 bits per heavy atom. The van der Waals surface area contributed by atoms with Crippen molar-refractivity contribution in [3.8, 4) is 0 Å². The predicted molar refractivity (Wildman–Crippen MR) is 26.3 cm³/mol. The maximum absolute atomic E-state index is 2.07. The van der Waals surface area contributed by atoms with E-state index in [0.717, 1.165) is 0 Å². The highest BCUT2D eigenvalue weighted by Crippen LogP contribution is 1.99. The summed E-state index contributed by atoms with van der Waals surface area (Å²) in [6.07, 6.45) is 2.93. The van der Waals surface area contributed by atoms with Crippen molar-refractivity contribution in [2.24, 2.45) is 0 Å². The standard InChI is InChI=1S/C4H8S/c1-2-4-5-3-1/h1-4H2/q+1. The molecule has 0 aliphatic carbocycles. The van der Waals surface area contributed by atoms with E-state index >= 15 is 0 Å². The van der Waals surface area contributed by atoms with Crippen molar-refractivity contribution in [2.75, 3.05) is 11.5 Å². The number of hydrogen-bond acceptors (Lipinski definition) is 1. The van der Waals surface area contributed by atoms with E-state index < -0.39 is 0 Å². The summed E-state index contributed by atoms with van der Waals surface area (Å²) >= 11 is 2.07. The zero-order valence-corrected chi connectivity index (χ0v) is 4.05. The minimum atomic E-state index is 1.42. The average molecular weight is 88.2 g/mol. The van der Waals surface area contributed by atoms with Gasteiger partial charge in [-0.25, -0.2) is 0 Å². The molecule has 0 amide bonds. The Bertz CT molecular complexity index is 15.2. The van der Waals surface area contributed by atoms with Crippen LogP contribution >= 0.6 is 0 Å². The van der Waals surface area contributed by atoms with Crippen LogP contribution in [0.2, 0.25) is 0 Å². The average Bonchev–Trinajstić information content (AvgIpc) is 1.76. The van der Waals surface area contributed by atoms with Gasteiger partial charge in [-0.2, -0.15) is 0 Å². The highest BCUT2D eigenvalue weighted by molar-refractivity contribution is 7.78. The highest BCUT2D eigenvalue weighted by atomic mass is 32.2. The van der Waals surface area contributed by atoms with Crippen LogP contribution in [0.3, 0.4) is 0 Å². The summed E-state index contributed by atoms with van der Waals surface area (Å²) < 4.78 is 0. The summed E-state index contributed by atoms with van der Waals surface area (Å²) in [5, 5.41) is 0. The quantitative estimate of drug-likeness (QED) is 0.396. The van der Waals surface area contributed by atoms with Crippen molar-refractivity contribution in [2.45, 2.75) is 12.8 Å². The van der Waals surface area contributed by atoms with Crippen molar-refractivity contribution < 1.29 is 0 Å². The Hall–Kier alpha value is 0.350. The fourth-order valence-electron chi connectivity index (χ4n) is 0.510. The molecule has 5 heavy (non-hydrogen) atoms. The lowest BCUT2D eigenvalue weighted by Crippen LogP contribution is -1.72. The van der Waals surface area contributed by atoms with Crippen molar-refractivity contribution in [3.63, 3.8) is 0 Å². The molecule has 1 aliphatic heterocycles. The second kappa shape index (κ2) is 1.71. The van der Waals surface area contributed by atoms with Crippen molar-refractivity contribution in [1.29, 1.82) is 0 Å². The molecule has 0 aromatic carbocycles. The molecule has 29 valence electrons. The van der Waals surface area contributed by atoms with Gasteiger partial charge in [-0.1, -0.05) is 0 Å². The van der Waals surface area contributed by atoms with Gasteiger partial charge in [0, 0.05) is 12.8 Å². The summed E-state index contributed by atoms with van der Waals surface area (Å²) in [6.45, 7) is 0. The minimum absolute atomic E-state index is 1.42. The van der Waals surface area contributed by atoms with E-state index in [0.29, 0.717) is 0 Å². The van der Waals surface area contributed by atoms with E-state index in [1.165, 1.54) is 24.3 Å². The zero-order valence-electron chi connectivity index (χ0n) is 3.24.